The van der Waals surface area contributed by atoms with Crippen LogP contribution in [0.25, 0.3) is 0 Å². The Kier molecular flexibility index (Phi) is 3.05. The van der Waals surface area contributed by atoms with E-state index in [1.165, 1.54) is 6.08 Å². The van der Waals surface area contributed by atoms with E-state index in [2.05, 4.69) is 34.2 Å². The molecule has 1 unspecified atom stereocenters. The van der Waals surface area contributed by atoms with E-state index in [1.54, 1.807) is 12.1 Å². The first-order chi connectivity index (χ1) is 5.65. The molecule has 0 saturated carbocycles. The number of pyridine rings is 1. The van der Waals surface area contributed by atoms with Crippen LogP contribution in [0, 0.1) is 3.70 Å². The minimum absolute atomic E-state index is 0.114. The fourth-order valence-corrected chi connectivity index (χ4v) is 1.24. The second-order valence-corrected chi connectivity index (χ2v) is 3.41. The van der Waals surface area contributed by atoms with Gasteiger partial charge in [0.1, 0.15) is 15.1 Å². The van der Waals surface area contributed by atoms with Gasteiger partial charge >= 0.3 is 0 Å². The van der Waals surface area contributed by atoms with Crippen LogP contribution in [0.15, 0.2) is 24.8 Å². The molecule has 12 heavy (non-hydrogen) atoms. The molecule has 1 aromatic heterocycles. The van der Waals surface area contributed by atoms with Gasteiger partial charge in [-0.2, -0.15) is 0 Å². The van der Waals surface area contributed by atoms with Gasteiger partial charge in [-0.15, -0.1) is 6.58 Å². The molecule has 0 fully saturated rings. The Morgan fingerprint density at radius 1 is 1.67 bits per heavy atom. The highest BCUT2D eigenvalue weighted by molar-refractivity contribution is 14.1. The molecule has 0 aliphatic carbocycles. The van der Waals surface area contributed by atoms with Crippen molar-refractivity contribution in [1.82, 2.24) is 4.98 Å². The molecule has 1 heterocycles. The lowest BCUT2D eigenvalue weighted by Gasteiger charge is -2.07. The Morgan fingerprint density at radius 2 is 2.33 bits per heavy atom. The summed E-state index contributed by atoms with van der Waals surface area (Å²) in [6, 6.07) is 2.89. The van der Waals surface area contributed by atoms with Gasteiger partial charge in [0.15, 0.2) is 0 Å². The predicted molar refractivity (Wildman–Crippen MR) is 55.7 cm³/mol. The van der Waals surface area contributed by atoms with E-state index in [4.69, 9.17) is 5.73 Å². The van der Waals surface area contributed by atoms with Crippen molar-refractivity contribution in [2.75, 3.05) is 0 Å². The van der Waals surface area contributed by atoms with E-state index in [0.29, 0.717) is 5.69 Å². The van der Waals surface area contributed by atoms with E-state index in [0.717, 1.165) is 3.70 Å². The van der Waals surface area contributed by atoms with E-state index in [1.807, 2.05) is 0 Å². The third-order valence-electron chi connectivity index (χ3n) is 1.44. The summed E-state index contributed by atoms with van der Waals surface area (Å²) in [7, 11) is 0. The standard InChI is InChI=1S/C8H9IN2O/c1-2-5(10)8-6(12)3-4-7(9)11-8/h2-5,12H,1,10H2. The van der Waals surface area contributed by atoms with Gasteiger partial charge in [0.05, 0.1) is 6.04 Å². The Hall–Kier alpha value is -0.620. The van der Waals surface area contributed by atoms with Crippen molar-refractivity contribution < 1.29 is 5.11 Å². The summed E-state index contributed by atoms with van der Waals surface area (Å²) in [5.74, 6) is 0.114. The van der Waals surface area contributed by atoms with Crippen LogP contribution >= 0.6 is 22.6 Å². The normalized spacial score (nSPS) is 12.5. The number of hydrogen-bond donors (Lipinski definition) is 2. The summed E-state index contributed by atoms with van der Waals surface area (Å²) >= 11 is 2.06. The second kappa shape index (κ2) is 3.86. The van der Waals surface area contributed by atoms with Crippen molar-refractivity contribution in [2.45, 2.75) is 6.04 Å². The van der Waals surface area contributed by atoms with Crippen molar-refractivity contribution in [1.29, 1.82) is 0 Å². The minimum Gasteiger partial charge on any atom is -0.506 e. The number of halogens is 1. The van der Waals surface area contributed by atoms with Crippen molar-refractivity contribution in [3.63, 3.8) is 0 Å². The van der Waals surface area contributed by atoms with Crippen LogP contribution in [-0.4, -0.2) is 10.1 Å². The summed E-state index contributed by atoms with van der Waals surface area (Å²) in [4.78, 5) is 4.08. The zero-order valence-corrected chi connectivity index (χ0v) is 8.52. The van der Waals surface area contributed by atoms with Crippen LogP contribution in [0.4, 0.5) is 0 Å². The van der Waals surface area contributed by atoms with E-state index in [-0.39, 0.29) is 5.75 Å². The van der Waals surface area contributed by atoms with Crippen LogP contribution in [0.5, 0.6) is 5.75 Å². The molecule has 3 N–H and O–H groups in total. The van der Waals surface area contributed by atoms with Gasteiger partial charge in [-0.05, 0) is 34.7 Å². The maximum Gasteiger partial charge on any atom is 0.139 e. The van der Waals surface area contributed by atoms with E-state index in [9.17, 15) is 5.11 Å². The van der Waals surface area contributed by atoms with Gasteiger partial charge in [0.25, 0.3) is 0 Å². The van der Waals surface area contributed by atoms with Crippen LogP contribution in [0.3, 0.4) is 0 Å². The first-order valence-corrected chi connectivity index (χ1v) is 4.46. The third-order valence-corrected chi connectivity index (χ3v) is 2.04. The number of rotatable bonds is 2. The summed E-state index contributed by atoms with van der Waals surface area (Å²) < 4.78 is 0.803. The quantitative estimate of drug-likeness (QED) is 0.490. The summed E-state index contributed by atoms with van der Waals surface area (Å²) in [6.45, 7) is 3.53. The highest BCUT2D eigenvalue weighted by atomic mass is 127. The molecule has 0 saturated heterocycles. The van der Waals surface area contributed by atoms with Crippen molar-refractivity contribution in [3.8, 4) is 5.75 Å². The molecule has 1 rings (SSSR count). The zero-order chi connectivity index (χ0) is 9.14. The smallest absolute Gasteiger partial charge is 0.139 e. The fourth-order valence-electron chi connectivity index (χ4n) is 0.800. The molecule has 3 nitrogen and oxygen atoms in total. The molecule has 0 aliphatic rings. The van der Waals surface area contributed by atoms with E-state index >= 15 is 0 Å². The van der Waals surface area contributed by atoms with E-state index < -0.39 is 6.04 Å². The third kappa shape index (κ3) is 1.95. The summed E-state index contributed by atoms with van der Waals surface area (Å²) in [5.41, 5.74) is 6.09. The number of nitrogens with zero attached hydrogens (tertiary/aromatic N) is 1. The van der Waals surface area contributed by atoms with Gasteiger partial charge in [0.2, 0.25) is 0 Å². The summed E-state index contributed by atoms with van der Waals surface area (Å²) in [6.07, 6.45) is 1.54. The molecule has 64 valence electrons. The Balaban J connectivity index is 3.12. The van der Waals surface area contributed by atoms with Crippen LogP contribution in [-0.2, 0) is 0 Å². The molecule has 0 aromatic carbocycles. The largest absolute Gasteiger partial charge is 0.506 e. The maximum absolute atomic E-state index is 9.34. The number of nitrogens with two attached hydrogens (primary N) is 1. The lowest BCUT2D eigenvalue weighted by molar-refractivity contribution is 0.461. The van der Waals surface area contributed by atoms with Crippen LogP contribution in [0.1, 0.15) is 11.7 Å². The Labute approximate surface area is 84.5 Å². The number of aromatic hydroxyl groups is 1. The SMILES string of the molecule is C=CC(N)c1nc(I)ccc1O. The first-order valence-electron chi connectivity index (χ1n) is 3.38. The molecule has 4 heteroatoms. The Morgan fingerprint density at radius 3 is 2.92 bits per heavy atom. The molecular formula is C8H9IN2O. The average molecular weight is 276 g/mol. The zero-order valence-electron chi connectivity index (χ0n) is 6.37. The molecule has 0 radical (unpaired) electrons. The lowest BCUT2D eigenvalue weighted by Crippen LogP contribution is -2.09. The number of aromatic nitrogens is 1. The van der Waals surface area contributed by atoms with Gasteiger partial charge in [0, 0.05) is 0 Å². The minimum atomic E-state index is -0.403. The van der Waals surface area contributed by atoms with Crippen molar-refractivity contribution in [2.24, 2.45) is 5.73 Å². The highest BCUT2D eigenvalue weighted by Crippen LogP contribution is 2.21. The number of hydrogen-bond acceptors (Lipinski definition) is 3. The van der Waals surface area contributed by atoms with Gasteiger partial charge < -0.3 is 10.8 Å². The molecule has 0 bridgehead atoms. The van der Waals surface area contributed by atoms with Gasteiger partial charge in [-0.25, -0.2) is 4.98 Å². The Bertz CT molecular complexity index is 301. The predicted octanol–water partition coefficient (Wildman–Crippen LogP) is 1.58. The molecular weight excluding hydrogens is 267 g/mol. The summed E-state index contributed by atoms with van der Waals surface area (Å²) in [5, 5.41) is 9.34. The average Bonchev–Trinajstić information content (AvgIpc) is 2.08. The topological polar surface area (TPSA) is 59.1 Å². The van der Waals surface area contributed by atoms with Crippen molar-refractivity contribution >= 4 is 22.6 Å². The molecule has 0 aliphatic heterocycles. The highest BCUT2D eigenvalue weighted by Gasteiger charge is 2.08. The second-order valence-electron chi connectivity index (χ2n) is 2.30. The van der Waals surface area contributed by atoms with Crippen LogP contribution in [0.2, 0.25) is 0 Å². The molecule has 0 spiro atoms. The molecule has 1 aromatic rings. The maximum atomic E-state index is 9.34. The molecule has 0 amide bonds. The first kappa shape index (κ1) is 9.47. The lowest BCUT2D eigenvalue weighted by atomic mass is 10.2. The fraction of sp³-hybridized carbons (Fsp3) is 0.125. The molecule has 1 atom stereocenters. The monoisotopic (exact) mass is 276 g/mol. The van der Waals surface area contributed by atoms with Crippen molar-refractivity contribution in [3.05, 3.63) is 34.2 Å². The van der Waals surface area contributed by atoms with Gasteiger partial charge in [-0.1, -0.05) is 6.08 Å². The van der Waals surface area contributed by atoms with Crippen LogP contribution < -0.4 is 5.73 Å². The van der Waals surface area contributed by atoms with Gasteiger partial charge in [-0.3, -0.25) is 0 Å².